The lowest BCUT2D eigenvalue weighted by molar-refractivity contribution is 0.203. The average molecular weight is 213 g/mol. The molecule has 1 aliphatic rings. The van der Waals surface area contributed by atoms with E-state index in [-0.39, 0.29) is 0 Å². The minimum absolute atomic E-state index is 0.697. The first-order valence-electron chi connectivity index (χ1n) is 6.20. The minimum atomic E-state index is 0.697. The third-order valence-electron chi connectivity index (χ3n) is 3.75. The van der Waals surface area contributed by atoms with Gasteiger partial charge in [0.25, 0.3) is 0 Å². The van der Waals surface area contributed by atoms with Crippen LogP contribution < -0.4 is 5.73 Å². The van der Waals surface area contributed by atoms with Crippen molar-refractivity contribution in [2.24, 2.45) is 11.7 Å². The summed E-state index contributed by atoms with van der Waals surface area (Å²) in [6, 6.07) is 1.42. The van der Waals surface area contributed by atoms with E-state index in [0.717, 1.165) is 24.9 Å². The van der Waals surface area contributed by atoms with Crippen molar-refractivity contribution in [2.45, 2.75) is 38.8 Å². The maximum atomic E-state index is 5.66. The van der Waals surface area contributed by atoms with Gasteiger partial charge in [-0.3, -0.25) is 4.90 Å². The van der Waals surface area contributed by atoms with Gasteiger partial charge >= 0.3 is 0 Å². The summed E-state index contributed by atoms with van der Waals surface area (Å²) in [7, 11) is 4.38. The van der Waals surface area contributed by atoms with Gasteiger partial charge in [0, 0.05) is 25.2 Å². The highest BCUT2D eigenvalue weighted by atomic mass is 15.3. The van der Waals surface area contributed by atoms with Gasteiger partial charge < -0.3 is 10.6 Å². The number of likely N-dealkylation sites (N-methyl/N-ethyl adjacent to an activating group) is 1. The first-order chi connectivity index (χ1) is 7.10. The minimum Gasteiger partial charge on any atom is -0.330 e. The molecule has 1 heterocycles. The van der Waals surface area contributed by atoms with Gasteiger partial charge in [0.15, 0.2) is 0 Å². The highest BCUT2D eigenvalue weighted by Gasteiger charge is 2.33. The Kier molecular flexibility index (Phi) is 5.03. The summed E-state index contributed by atoms with van der Waals surface area (Å²) in [5.74, 6) is 0.784. The van der Waals surface area contributed by atoms with Crippen LogP contribution in [-0.2, 0) is 0 Å². The molecule has 0 amide bonds. The predicted octanol–water partition coefficient (Wildman–Crippen LogP) is 0.996. The van der Waals surface area contributed by atoms with Crippen molar-refractivity contribution >= 4 is 0 Å². The Hall–Kier alpha value is -0.120. The highest BCUT2D eigenvalue weighted by molar-refractivity contribution is 4.89. The van der Waals surface area contributed by atoms with Gasteiger partial charge in [0.2, 0.25) is 0 Å². The average Bonchev–Trinajstić information content (AvgIpc) is 2.56. The molecule has 0 saturated carbocycles. The van der Waals surface area contributed by atoms with Gasteiger partial charge in [-0.05, 0) is 39.4 Å². The molecule has 0 aromatic heterocycles. The van der Waals surface area contributed by atoms with E-state index in [1.54, 1.807) is 0 Å². The van der Waals surface area contributed by atoms with Crippen molar-refractivity contribution in [3.8, 4) is 0 Å². The quantitative estimate of drug-likeness (QED) is 0.739. The van der Waals surface area contributed by atoms with Crippen LogP contribution in [0.25, 0.3) is 0 Å². The lowest BCUT2D eigenvalue weighted by Crippen LogP contribution is -2.38. The van der Waals surface area contributed by atoms with Crippen molar-refractivity contribution in [1.29, 1.82) is 0 Å². The molecular weight excluding hydrogens is 186 g/mol. The van der Waals surface area contributed by atoms with Crippen molar-refractivity contribution in [3.05, 3.63) is 0 Å². The molecule has 0 radical (unpaired) electrons. The molecule has 3 nitrogen and oxygen atoms in total. The fourth-order valence-corrected chi connectivity index (χ4v) is 2.79. The Bertz CT molecular complexity index is 182. The second kappa shape index (κ2) is 5.83. The van der Waals surface area contributed by atoms with E-state index in [1.165, 1.54) is 19.5 Å². The molecule has 1 aliphatic heterocycles. The van der Waals surface area contributed by atoms with Crippen molar-refractivity contribution in [1.82, 2.24) is 9.80 Å². The van der Waals surface area contributed by atoms with Crippen LogP contribution in [0.2, 0.25) is 0 Å². The molecule has 2 N–H and O–H groups in total. The van der Waals surface area contributed by atoms with Crippen molar-refractivity contribution in [2.75, 3.05) is 33.7 Å². The largest absolute Gasteiger partial charge is 0.330 e. The van der Waals surface area contributed by atoms with Gasteiger partial charge in [-0.15, -0.1) is 0 Å². The zero-order valence-electron chi connectivity index (χ0n) is 10.7. The summed E-state index contributed by atoms with van der Waals surface area (Å²) in [4.78, 5) is 4.99. The smallest absolute Gasteiger partial charge is 0.0254 e. The van der Waals surface area contributed by atoms with Crippen LogP contribution in [0, 0.1) is 5.92 Å². The molecule has 0 aliphatic carbocycles. The number of hydrogen-bond acceptors (Lipinski definition) is 3. The molecule has 0 bridgehead atoms. The fraction of sp³-hybridized carbons (Fsp3) is 1.00. The van der Waals surface area contributed by atoms with E-state index in [2.05, 4.69) is 37.7 Å². The summed E-state index contributed by atoms with van der Waals surface area (Å²) >= 11 is 0. The van der Waals surface area contributed by atoms with Crippen LogP contribution in [-0.4, -0.2) is 55.6 Å². The number of hydrogen-bond donors (Lipinski definition) is 1. The van der Waals surface area contributed by atoms with Crippen LogP contribution in [0.5, 0.6) is 0 Å². The van der Waals surface area contributed by atoms with Gasteiger partial charge in [0.05, 0.1) is 0 Å². The van der Waals surface area contributed by atoms with Gasteiger partial charge in [-0.1, -0.05) is 13.8 Å². The van der Waals surface area contributed by atoms with E-state index in [0.29, 0.717) is 6.04 Å². The molecule has 0 spiro atoms. The van der Waals surface area contributed by atoms with E-state index < -0.39 is 0 Å². The van der Waals surface area contributed by atoms with E-state index in [4.69, 9.17) is 5.73 Å². The van der Waals surface area contributed by atoms with Gasteiger partial charge in [-0.25, -0.2) is 0 Å². The molecular formula is C12H27N3. The summed E-state index contributed by atoms with van der Waals surface area (Å²) in [6.07, 6.45) is 2.37. The van der Waals surface area contributed by atoms with E-state index in [9.17, 15) is 0 Å². The number of rotatable bonds is 5. The summed E-state index contributed by atoms with van der Waals surface area (Å²) in [6.45, 7) is 7.90. The highest BCUT2D eigenvalue weighted by Crippen LogP contribution is 2.23. The first-order valence-corrected chi connectivity index (χ1v) is 6.20. The zero-order valence-corrected chi connectivity index (χ0v) is 10.7. The number of nitrogens with zero attached hydrogens (tertiary/aromatic N) is 2. The predicted molar refractivity (Wildman–Crippen MR) is 66.0 cm³/mol. The molecule has 15 heavy (non-hydrogen) atoms. The first kappa shape index (κ1) is 12.9. The van der Waals surface area contributed by atoms with Crippen molar-refractivity contribution < 1.29 is 0 Å². The number of likely N-dealkylation sites (tertiary alicyclic amines) is 1. The van der Waals surface area contributed by atoms with Gasteiger partial charge in [-0.2, -0.15) is 0 Å². The Morgan fingerprint density at radius 1 is 1.40 bits per heavy atom. The second-order valence-corrected chi connectivity index (χ2v) is 5.10. The standard InChI is InChI=1S/C12H27N3/c1-5-11(6-7-13)15-8-10(2)12(9-15)14(3)4/h10-12H,5-9,13H2,1-4H3. The molecule has 0 aromatic rings. The second-order valence-electron chi connectivity index (χ2n) is 5.10. The summed E-state index contributed by atoms with van der Waals surface area (Å²) < 4.78 is 0. The molecule has 1 rings (SSSR count). The monoisotopic (exact) mass is 213 g/mol. The lowest BCUT2D eigenvalue weighted by Gasteiger charge is -2.27. The third-order valence-corrected chi connectivity index (χ3v) is 3.75. The van der Waals surface area contributed by atoms with Crippen LogP contribution in [0.1, 0.15) is 26.7 Å². The maximum absolute atomic E-state index is 5.66. The molecule has 3 unspecified atom stereocenters. The number of nitrogens with two attached hydrogens (primary N) is 1. The van der Waals surface area contributed by atoms with Gasteiger partial charge in [0.1, 0.15) is 0 Å². The molecule has 0 aromatic carbocycles. The van der Waals surface area contributed by atoms with Crippen LogP contribution >= 0.6 is 0 Å². The summed E-state index contributed by atoms with van der Waals surface area (Å²) in [5.41, 5.74) is 5.66. The zero-order chi connectivity index (χ0) is 11.4. The Balaban J connectivity index is 2.52. The molecule has 1 fully saturated rings. The molecule has 3 atom stereocenters. The Morgan fingerprint density at radius 3 is 2.47 bits per heavy atom. The molecule has 3 heteroatoms. The van der Waals surface area contributed by atoms with E-state index in [1.807, 2.05) is 0 Å². The topological polar surface area (TPSA) is 32.5 Å². The van der Waals surface area contributed by atoms with E-state index >= 15 is 0 Å². The Morgan fingerprint density at radius 2 is 2.07 bits per heavy atom. The molecule has 1 saturated heterocycles. The molecule has 90 valence electrons. The maximum Gasteiger partial charge on any atom is 0.0254 e. The SMILES string of the molecule is CCC(CCN)N1CC(C)C(N(C)C)C1. The fourth-order valence-electron chi connectivity index (χ4n) is 2.79. The van der Waals surface area contributed by atoms with Crippen molar-refractivity contribution in [3.63, 3.8) is 0 Å². The van der Waals surface area contributed by atoms with Crippen LogP contribution in [0.15, 0.2) is 0 Å². The van der Waals surface area contributed by atoms with Crippen LogP contribution in [0.3, 0.4) is 0 Å². The summed E-state index contributed by atoms with van der Waals surface area (Å²) in [5, 5.41) is 0. The lowest BCUT2D eigenvalue weighted by atomic mass is 10.1. The normalized spacial score (nSPS) is 30.0. The third kappa shape index (κ3) is 3.16. The van der Waals surface area contributed by atoms with Crippen LogP contribution in [0.4, 0.5) is 0 Å². The Labute approximate surface area is 94.6 Å².